The second-order valence-corrected chi connectivity index (χ2v) is 6.57. The van der Waals surface area contributed by atoms with Crippen molar-refractivity contribution in [1.29, 1.82) is 0 Å². The number of unbranched alkanes of at least 4 members (excludes halogenated alkanes) is 1. The average molecular weight is 369 g/mol. The standard InChI is InChI=1S/C15H21BrN4O2/c1-3-4-6-15(2,7-5-10(21)22)14-19-12(16)11-13(17)18-8-9-20(11)14/h8-9H,3-7H2,1-2H3,(H2,17,18)(H,21,22). The van der Waals surface area contributed by atoms with Crippen molar-refractivity contribution in [2.45, 2.75) is 51.4 Å². The highest BCUT2D eigenvalue weighted by Crippen LogP contribution is 2.36. The number of imidazole rings is 1. The van der Waals surface area contributed by atoms with Crippen LogP contribution in [0.1, 0.15) is 51.8 Å². The molecular formula is C15H21BrN4O2. The molecule has 6 nitrogen and oxygen atoms in total. The SMILES string of the molecule is CCCCC(C)(CCC(=O)O)c1nc(Br)c2c(N)nccn12. The van der Waals surface area contributed by atoms with E-state index in [2.05, 4.69) is 39.7 Å². The number of aliphatic carboxylic acids is 1. The third kappa shape index (κ3) is 3.24. The third-order valence-corrected chi connectivity index (χ3v) is 4.61. The Morgan fingerprint density at radius 1 is 1.50 bits per heavy atom. The third-order valence-electron chi connectivity index (χ3n) is 4.05. The molecule has 0 aliphatic heterocycles. The molecule has 0 fully saturated rings. The molecule has 1 unspecified atom stereocenters. The van der Waals surface area contributed by atoms with E-state index in [4.69, 9.17) is 10.8 Å². The molecule has 0 radical (unpaired) electrons. The van der Waals surface area contributed by atoms with Crippen LogP contribution in [0, 0.1) is 0 Å². The first-order valence-corrected chi connectivity index (χ1v) is 8.18. The van der Waals surface area contributed by atoms with Crippen LogP contribution < -0.4 is 5.73 Å². The number of carboxylic acids is 1. The summed E-state index contributed by atoms with van der Waals surface area (Å²) in [6.07, 6.45) is 7.06. The molecule has 2 aromatic rings. The zero-order valence-electron chi connectivity index (χ0n) is 12.8. The molecule has 0 bridgehead atoms. The summed E-state index contributed by atoms with van der Waals surface area (Å²) in [5.74, 6) is 0.450. The molecule has 0 saturated carbocycles. The van der Waals surface area contributed by atoms with Gasteiger partial charge in [-0.2, -0.15) is 0 Å². The van der Waals surface area contributed by atoms with E-state index in [9.17, 15) is 4.79 Å². The van der Waals surface area contributed by atoms with Gasteiger partial charge in [0.05, 0.1) is 0 Å². The summed E-state index contributed by atoms with van der Waals surface area (Å²) in [7, 11) is 0. The second-order valence-electron chi connectivity index (χ2n) is 5.82. The fraction of sp³-hybridized carbons (Fsp3) is 0.533. The molecule has 0 aliphatic rings. The lowest BCUT2D eigenvalue weighted by Gasteiger charge is -2.28. The lowest BCUT2D eigenvalue weighted by atomic mass is 9.79. The molecule has 7 heteroatoms. The normalized spacial score (nSPS) is 14.1. The molecule has 1 atom stereocenters. The predicted molar refractivity (Wildman–Crippen MR) is 88.8 cm³/mol. The number of hydrogen-bond acceptors (Lipinski definition) is 4. The Kier molecular flexibility index (Phi) is 5.05. The van der Waals surface area contributed by atoms with E-state index in [1.807, 2.05) is 10.6 Å². The lowest BCUT2D eigenvalue weighted by Crippen LogP contribution is -2.26. The molecule has 0 aliphatic carbocycles. The molecule has 0 spiro atoms. The molecule has 0 amide bonds. The lowest BCUT2D eigenvalue weighted by molar-refractivity contribution is -0.137. The molecule has 2 rings (SSSR count). The summed E-state index contributed by atoms with van der Waals surface area (Å²) in [6.45, 7) is 4.20. The average Bonchev–Trinajstić information content (AvgIpc) is 2.82. The van der Waals surface area contributed by atoms with Gasteiger partial charge in [0.1, 0.15) is 15.9 Å². The first-order chi connectivity index (χ1) is 10.4. The van der Waals surface area contributed by atoms with E-state index < -0.39 is 5.97 Å². The van der Waals surface area contributed by atoms with E-state index in [0.717, 1.165) is 30.6 Å². The zero-order chi connectivity index (χ0) is 16.3. The van der Waals surface area contributed by atoms with Crippen molar-refractivity contribution in [2.75, 3.05) is 5.73 Å². The molecular weight excluding hydrogens is 348 g/mol. The molecule has 2 heterocycles. The number of aromatic nitrogens is 3. The van der Waals surface area contributed by atoms with Gasteiger partial charge in [-0.05, 0) is 28.8 Å². The minimum atomic E-state index is -0.788. The van der Waals surface area contributed by atoms with Crippen LogP contribution in [0.5, 0.6) is 0 Å². The van der Waals surface area contributed by atoms with Crippen LogP contribution in [0.4, 0.5) is 5.82 Å². The smallest absolute Gasteiger partial charge is 0.303 e. The van der Waals surface area contributed by atoms with Gasteiger partial charge >= 0.3 is 5.97 Å². The van der Waals surface area contributed by atoms with Crippen LogP contribution >= 0.6 is 15.9 Å². The summed E-state index contributed by atoms with van der Waals surface area (Å²) < 4.78 is 2.57. The molecule has 22 heavy (non-hydrogen) atoms. The number of nitrogens with two attached hydrogens (primary N) is 1. The number of rotatable bonds is 7. The first-order valence-electron chi connectivity index (χ1n) is 7.39. The van der Waals surface area contributed by atoms with Gasteiger partial charge in [-0.25, -0.2) is 9.97 Å². The van der Waals surface area contributed by atoms with Crippen molar-refractivity contribution in [3.05, 3.63) is 22.8 Å². The van der Waals surface area contributed by atoms with Crippen LogP contribution in [0.2, 0.25) is 0 Å². The van der Waals surface area contributed by atoms with Gasteiger partial charge in [-0.1, -0.05) is 26.7 Å². The van der Waals surface area contributed by atoms with Crippen molar-refractivity contribution in [1.82, 2.24) is 14.4 Å². The van der Waals surface area contributed by atoms with Crippen molar-refractivity contribution in [3.63, 3.8) is 0 Å². The van der Waals surface area contributed by atoms with E-state index in [1.54, 1.807) is 6.20 Å². The zero-order valence-corrected chi connectivity index (χ0v) is 14.4. The Balaban J connectivity index is 2.51. The highest BCUT2D eigenvalue weighted by Gasteiger charge is 2.32. The number of carboxylic acid groups (broad SMARTS) is 1. The van der Waals surface area contributed by atoms with E-state index in [-0.39, 0.29) is 11.8 Å². The Morgan fingerprint density at radius 3 is 2.86 bits per heavy atom. The number of halogens is 1. The Labute approximate surface area is 137 Å². The van der Waals surface area contributed by atoms with Crippen molar-refractivity contribution in [3.8, 4) is 0 Å². The second kappa shape index (κ2) is 6.64. The molecule has 120 valence electrons. The predicted octanol–water partition coefficient (Wildman–Crippen LogP) is 3.39. The minimum Gasteiger partial charge on any atom is -0.481 e. The maximum absolute atomic E-state index is 11.0. The van der Waals surface area contributed by atoms with E-state index in [1.165, 1.54) is 0 Å². The number of fused-ring (bicyclic) bond motifs is 1. The number of carbonyl (C=O) groups is 1. The number of anilines is 1. The number of nitrogens with zero attached hydrogens (tertiary/aromatic N) is 3. The van der Waals surface area contributed by atoms with Gasteiger partial charge in [0.15, 0.2) is 5.82 Å². The largest absolute Gasteiger partial charge is 0.481 e. The van der Waals surface area contributed by atoms with Crippen LogP contribution in [-0.4, -0.2) is 25.4 Å². The fourth-order valence-corrected chi connectivity index (χ4v) is 3.31. The number of nitrogen functional groups attached to an aromatic ring is 1. The summed E-state index contributed by atoms with van der Waals surface area (Å²) in [6, 6.07) is 0. The Bertz CT molecular complexity index is 685. The van der Waals surface area contributed by atoms with Gasteiger partial charge in [0.25, 0.3) is 0 Å². The van der Waals surface area contributed by atoms with Gasteiger partial charge in [-0.15, -0.1) is 0 Å². The number of hydrogen-bond donors (Lipinski definition) is 2. The summed E-state index contributed by atoms with van der Waals surface area (Å²) in [5.41, 5.74) is 6.35. The monoisotopic (exact) mass is 368 g/mol. The Morgan fingerprint density at radius 2 is 2.23 bits per heavy atom. The summed E-state index contributed by atoms with van der Waals surface area (Å²) in [5, 5.41) is 9.05. The quantitative estimate of drug-likeness (QED) is 0.780. The highest BCUT2D eigenvalue weighted by atomic mass is 79.9. The van der Waals surface area contributed by atoms with Gasteiger partial charge in [-0.3, -0.25) is 9.20 Å². The van der Waals surface area contributed by atoms with Crippen molar-refractivity contribution < 1.29 is 9.90 Å². The topological polar surface area (TPSA) is 93.5 Å². The Hall–Kier alpha value is -1.63. The van der Waals surface area contributed by atoms with Crippen LogP contribution in [-0.2, 0) is 10.2 Å². The van der Waals surface area contributed by atoms with Crippen molar-refractivity contribution in [2.24, 2.45) is 0 Å². The molecule has 2 aromatic heterocycles. The highest BCUT2D eigenvalue weighted by molar-refractivity contribution is 9.10. The maximum atomic E-state index is 11.0. The first kappa shape index (κ1) is 16.7. The van der Waals surface area contributed by atoms with Gasteiger partial charge in [0.2, 0.25) is 0 Å². The molecule has 3 N–H and O–H groups in total. The fourth-order valence-electron chi connectivity index (χ4n) is 2.74. The van der Waals surface area contributed by atoms with Gasteiger partial charge in [0, 0.05) is 24.2 Å². The minimum absolute atomic E-state index is 0.118. The molecule has 0 aromatic carbocycles. The van der Waals surface area contributed by atoms with E-state index >= 15 is 0 Å². The summed E-state index contributed by atoms with van der Waals surface area (Å²) in [4.78, 5) is 19.7. The van der Waals surface area contributed by atoms with Crippen LogP contribution in [0.15, 0.2) is 17.0 Å². The van der Waals surface area contributed by atoms with Crippen LogP contribution in [0.3, 0.4) is 0 Å². The summed E-state index contributed by atoms with van der Waals surface area (Å²) >= 11 is 3.44. The van der Waals surface area contributed by atoms with Gasteiger partial charge < -0.3 is 10.8 Å². The maximum Gasteiger partial charge on any atom is 0.303 e. The van der Waals surface area contributed by atoms with E-state index in [0.29, 0.717) is 16.8 Å². The van der Waals surface area contributed by atoms with Crippen molar-refractivity contribution >= 4 is 33.2 Å². The molecule has 0 saturated heterocycles. The van der Waals surface area contributed by atoms with Crippen LogP contribution in [0.25, 0.3) is 5.52 Å².